The number of anilines is 1. The van der Waals surface area contributed by atoms with E-state index >= 15 is 0 Å². The molecule has 3 rings (SSSR count). The van der Waals surface area contributed by atoms with Crippen molar-refractivity contribution in [2.24, 2.45) is 0 Å². The molecule has 0 bridgehead atoms. The smallest absolute Gasteiger partial charge is 0.0583 e. The number of benzene rings is 1. The van der Waals surface area contributed by atoms with Gasteiger partial charge in [-0.3, -0.25) is 0 Å². The highest BCUT2D eigenvalue weighted by Crippen LogP contribution is 2.34. The van der Waals surface area contributed by atoms with Crippen LogP contribution in [0, 0.1) is 6.92 Å². The van der Waals surface area contributed by atoms with Crippen LogP contribution in [0.15, 0.2) is 71.0 Å². The molecule has 0 spiro atoms. The van der Waals surface area contributed by atoms with Gasteiger partial charge in [-0.2, -0.15) is 0 Å². The Balaban J connectivity index is 2.01. The summed E-state index contributed by atoms with van der Waals surface area (Å²) in [5.41, 5.74) is 8.37. The molecule has 0 saturated heterocycles. The molecule has 0 N–H and O–H groups in total. The molecule has 1 aromatic carbocycles. The van der Waals surface area contributed by atoms with Crippen LogP contribution in [0.3, 0.4) is 0 Å². The molecule has 0 heterocycles. The summed E-state index contributed by atoms with van der Waals surface area (Å²) >= 11 is 0. The summed E-state index contributed by atoms with van der Waals surface area (Å²) < 4.78 is 0. The Bertz CT molecular complexity index is 698. The fourth-order valence-electron chi connectivity index (χ4n) is 3.49. The van der Waals surface area contributed by atoms with Crippen LogP contribution < -0.4 is 4.90 Å². The Hall–Kier alpha value is -2.02. The number of nitrogens with zero attached hydrogens (tertiary/aromatic N) is 1. The normalized spacial score (nSPS) is 21.1. The maximum absolute atomic E-state index is 2.55. The summed E-state index contributed by atoms with van der Waals surface area (Å²) in [4.78, 5) is 2.55. The van der Waals surface area contributed by atoms with E-state index in [1.54, 1.807) is 0 Å². The van der Waals surface area contributed by atoms with Gasteiger partial charge in [-0.05, 0) is 65.2 Å². The van der Waals surface area contributed by atoms with E-state index in [1.807, 2.05) is 0 Å². The Morgan fingerprint density at radius 2 is 1.65 bits per heavy atom. The second-order valence-electron chi connectivity index (χ2n) is 6.96. The van der Waals surface area contributed by atoms with Crippen molar-refractivity contribution in [1.82, 2.24) is 0 Å². The quantitative estimate of drug-likeness (QED) is 0.653. The topological polar surface area (TPSA) is 3.24 Å². The van der Waals surface area contributed by atoms with E-state index in [-0.39, 0.29) is 0 Å². The van der Waals surface area contributed by atoms with Gasteiger partial charge in [0, 0.05) is 11.4 Å². The number of allylic oxidation sites excluding steroid dienone is 6. The monoisotopic (exact) mass is 305 g/mol. The summed E-state index contributed by atoms with van der Waals surface area (Å²) in [7, 11) is 0. The van der Waals surface area contributed by atoms with Gasteiger partial charge >= 0.3 is 0 Å². The fourth-order valence-corrected chi connectivity index (χ4v) is 3.49. The number of hydrogen-bond donors (Lipinski definition) is 0. The van der Waals surface area contributed by atoms with Gasteiger partial charge < -0.3 is 4.90 Å². The van der Waals surface area contributed by atoms with E-state index in [0.717, 1.165) is 12.8 Å². The first-order chi connectivity index (χ1) is 11.0. The predicted molar refractivity (Wildman–Crippen MR) is 101 cm³/mol. The zero-order chi connectivity index (χ0) is 16.4. The van der Waals surface area contributed by atoms with Crippen LogP contribution in [0.4, 0.5) is 5.69 Å². The molecule has 120 valence electrons. The van der Waals surface area contributed by atoms with Crippen LogP contribution in [0.1, 0.15) is 45.6 Å². The molecule has 1 atom stereocenters. The molecule has 1 heteroatoms. The minimum atomic E-state index is 0.430. The highest BCUT2D eigenvalue weighted by atomic mass is 15.2. The van der Waals surface area contributed by atoms with Crippen molar-refractivity contribution in [3.63, 3.8) is 0 Å². The SMILES string of the molecule is CC1=CCC(N(C2=CC=C(C)CC2)c2ccc(C)cc2)C(C)=C1. The van der Waals surface area contributed by atoms with Crippen LogP contribution in [-0.4, -0.2) is 6.04 Å². The standard InChI is InChI=1S/C22H27N/c1-16-5-10-20(11-6-16)23(21-12-7-17(2)8-13-21)22-14-9-18(3)15-19(22)4/h5-7,9-12,15,22H,8,13-14H2,1-4H3. The first-order valence-corrected chi connectivity index (χ1v) is 8.62. The minimum Gasteiger partial charge on any atom is -0.338 e. The molecule has 23 heavy (non-hydrogen) atoms. The molecule has 0 fully saturated rings. The molecule has 2 aliphatic rings. The van der Waals surface area contributed by atoms with E-state index in [2.05, 4.69) is 81.2 Å². The zero-order valence-corrected chi connectivity index (χ0v) is 14.8. The number of hydrogen-bond acceptors (Lipinski definition) is 1. The van der Waals surface area contributed by atoms with E-state index < -0.39 is 0 Å². The van der Waals surface area contributed by atoms with E-state index in [1.165, 1.54) is 40.1 Å². The third-order valence-corrected chi connectivity index (χ3v) is 4.91. The lowest BCUT2D eigenvalue weighted by Crippen LogP contribution is -2.36. The summed E-state index contributed by atoms with van der Waals surface area (Å²) in [5.74, 6) is 0. The van der Waals surface area contributed by atoms with E-state index in [4.69, 9.17) is 0 Å². The zero-order valence-electron chi connectivity index (χ0n) is 14.8. The van der Waals surface area contributed by atoms with Crippen LogP contribution in [-0.2, 0) is 0 Å². The summed E-state index contributed by atoms with van der Waals surface area (Å²) in [6.45, 7) is 8.84. The third kappa shape index (κ3) is 3.50. The van der Waals surface area contributed by atoms with Gasteiger partial charge in [0.15, 0.2) is 0 Å². The van der Waals surface area contributed by atoms with Crippen LogP contribution >= 0.6 is 0 Å². The molecule has 0 amide bonds. The van der Waals surface area contributed by atoms with Crippen molar-refractivity contribution in [2.45, 2.75) is 53.0 Å². The summed E-state index contributed by atoms with van der Waals surface area (Å²) in [6, 6.07) is 9.39. The minimum absolute atomic E-state index is 0.430. The second-order valence-corrected chi connectivity index (χ2v) is 6.96. The van der Waals surface area contributed by atoms with Crippen molar-refractivity contribution in [3.05, 3.63) is 76.5 Å². The van der Waals surface area contributed by atoms with Crippen LogP contribution in [0.2, 0.25) is 0 Å². The number of rotatable bonds is 3. The van der Waals surface area contributed by atoms with E-state index in [0.29, 0.717) is 6.04 Å². The van der Waals surface area contributed by atoms with Gasteiger partial charge in [0.25, 0.3) is 0 Å². The Labute approximate surface area is 140 Å². The van der Waals surface area contributed by atoms with Crippen LogP contribution in [0.25, 0.3) is 0 Å². The van der Waals surface area contributed by atoms with E-state index in [9.17, 15) is 0 Å². The molecule has 0 aliphatic heterocycles. The molecule has 0 aromatic heterocycles. The van der Waals surface area contributed by atoms with Crippen LogP contribution in [0.5, 0.6) is 0 Å². The molecular weight excluding hydrogens is 278 g/mol. The molecule has 0 saturated carbocycles. The molecule has 2 aliphatic carbocycles. The summed E-state index contributed by atoms with van der Waals surface area (Å²) in [5, 5.41) is 0. The maximum Gasteiger partial charge on any atom is 0.0583 e. The molecule has 0 radical (unpaired) electrons. The lowest BCUT2D eigenvalue weighted by Gasteiger charge is -2.38. The third-order valence-electron chi connectivity index (χ3n) is 4.91. The maximum atomic E-state index is 2.55. The Morgan fingerprint density at radius 3 is 2.26 bits per heavy atom. The van der Waals surface area contributed by atoms with Crippen molar-refractivity contribution >= 4 is 5.69 Å². The molecule has 1 nitrogen and oxygen atoms in total. The second kappa shape index (κ2) is 6.62. The van der Waals surface area contributed by atoms with Crippen molar-refractivity contribution in [3.8, 4) is 0 Å². The highest BCUT2D eigenvalue weighted by molar-refractivity contribution is 5.58. The molecule has 1 aromatic rings. The fraction of sp³-hybridized carbons (Fsp3) is 0.364. The molecular formula is C22H27N. The largest absolute Gasteiger partial charge is 0.338 e. The lowest BCUT2D eigenvalue weighted by atomic mass is 9.92. The molecule has 1 unspecified atom stereocenters. The van der Waals surface area contributed by atoms with Crippen molar-refractivity contribution in [1.29, 1.82) is 0 Å². The van der Waals surface area contributed by atoms with Crippen molar-refractivity contribution < 1.29 is 0 Å². The van der Waals surface area contributed by atoms with Gasteiger partial charge in [-0.25, -0.2) is 0 Å². The lowest BCUT2D eigenvalue weighted by molar-refractivity contribution is 0.681. The van der Waals surface area contributed by atoms with Gasteiger partial charge in [0.1, 0.15) is 0 Å². The first kappa shape index (κ1) is 15.9. The predicted octanol–water partition coefficient (Wildman–Crippen LogP) is 6.09. The van der Waals surface area contributed by atoms with Gasteiger partial charge in [0.2, 0.25) is 0 Å². The average molecular weight is 305 g/mol. The Kier molecular flexibility index (Phi) is 4.56. The highest BCUT2D eigenvalue weighted by Gasteiger charge is 2.25. The van der Waals surface area contributed by atoms with Gasteiger partial charge in [-0.15, -0.1) is 0 Å². The average Bonchev–Trinajstić information content (AvgIpc) is 2.53. The summed E-state index contributed by atoms with van der Waals surface area (Å²) in [6.07, 6.45) is 12.7. The number of aryl methyl sites for hydroxylation is 1. The Morgan fingerprint density at radius 1 is 0.913 bits per heavy atom. The first-order valence-electron chi connectivity index (χ1n) is 8.62. The van der Waals surface area contributed by atoms with Gasteiger partial charge in [-0.1, -0.05) is 52.6 Å². The van der Waals surface area contributed by atoms with Gasteiger partial charge in [0.05, 0.1) is 6.04 Å². The van der Waals surface area contributed by atoms with Crippen molar-refractivity contribution in [2.75, 3.05) is 4.90 Å².